The molecule has 0 aliphatic carbocycles. The smallest absolute Gasteiger partial charge is 0.253 e. The fourth-order valence-electron chi connectivity index (χ4n) is 4.29. The molecule has 8 heteroatoms. The minimum Gasteiger partial charge on any atom is -0.336 e. The van der Waals surface area contributed by atoms with Gasteiger partial charge >= 0.3 is 0 Å². The number of carbonyl (C=O) groups is 1. The largest absolute Gasteiger partial charge is 0.336 e. The van der Waals surface area contributed by atoms with Crippen molar-refractivity contribution in [2.24, 2.45) is 0 Å². The Bertz CT molecular complexity index is 808. The van der Waals surface area contributed by atoms with E-state index in [-0.39, 0.29) is 18.2 Å². The molecule has 2 aliphatic rings. The minimum absolute atomic E-state index is 0.0277. The molecular formula is C22H36N4O3S. The molecule has 0 saturated carbocycles. The number of benzene rings is 1. The zero-order chi connectivity index (χ0) is 21.6. The van der Waals surface area contributed by atoms with Crippen LogP contribution in [0.15, 0.2) is 24.3 Å². The number of sulfonamides is 1. The van der Waals surface area contributed by atoms with Crippen molar-refractivity contribution >= 4 is 15.9 Å². The normalized spacial score (nSPS) is 21.5. The van der Waals surface area contributed by atoms with Crippen molar-refractivity contribution in [3.63, 3.8) is 0 Å². The van der Waals surface area contributed by atoms with E-state index >= 15 is 0 Å². The van der Waals surface area contributed by atoms with E-state index < -0.39 is 10.0 Å². The summed E-state index contributed by atoms with van der Waals surface area (Å²) in [4.78, 5) is 17.4. The molecule has 0 spiro atoms. The van der Waals surface area contributed by atoms with Crippen LogP contribution in [0.5, 0.6) is 0 Å². The van der Waals surface area contributed by atoms with Crippen LogP contribution in [-0.2, 0) is 10.0 Å². The molecule has 2 aliphatic heterocycles. The van der Waals surface area contributed by atoms with Crippen LogP contribution in [0.3, 0.4) is 0 Å². The number of piperidine rings is 1. The van der Waals surface area contributed by atoms with E-state index in [1.165, 1.54) is 19.3 Å². The molecule has 0 unspecified atom stereocenters. The molecule has 0 bridgehead atoms. The first kappa shape index (κ1) is 23.2. The van der Waals surface area contributed by atoms with Crippen LogP contribution >= 0.6 is 0 Å². The summed E-state index contributed by atoms with van der Waals surface area (Å²) >= 11 is 0. The standard InChI is InChI=1S/C22H36N4O3S/c1-19-6-5-8-21(18-19)22(27)25(15-14-24-11-4-3-7-20(24)2)16-17-30(28,29)26-12-9-23-10-13-26/h5-6,8,18,20,23H,3-4,7,9-17H2,1-2H3/t20-/m1/s1. The number of likely N-dealkylation sites (tertiary alicyclic amines) is 1. The number of carbonyl (C=O) groups excluding carboxylic acids is 1. The average Bonchev–Trinajstić information content (AvgIpc) is 2.75. The van der Waals surface area contributed by atoms with Gasteiger partial charge in [-0.15, -0.1) is 0 Å². The van der Waals surface area contributed by atoms with E-state index in [1.54, 1.807) is 9.21 Å². The maximum atomic E-state index is 13.2. The second-order valence-corrected chi connectivity index (χ2v) is 10.6. The maximum absolute atomic E-state index is 13.2. The predicted molar refractivity (Wildman–Crippen MR) is 120 cm³/mol. The molecular weight excluding hydrogens is 400 g/mol. The number of aryl methyl sites for hydroxylation is 1. The third-order valence-electron chi connectivity index (χ3n) is 6.24. The summed E-state index contributed by atoms with van der Waals surface area (Å²) in [6.45, 7) is 9.16. The molecule has 0 radical (unpaired) electrons. The molecule has 168 valence electrons. The van der Waals surface area contributed by atoms with E-state index in [1.807, 2.05) is 31.2 Å². The van der Waals surface area contributed by atoms with Crippen molar-refractivity contribution < 1.29 is 13.2 Å². The van der Waals surface area contributed by atoms with Gasteiger partial charge in [0, 0.05) is 57.4 Å². The lowest BCUT2D eigenvalue weighted by Gasteiger charge is -2.35. The molecule has 2 fully saturated rings. The van der Waals surface area contributed by atoms with Gasteiger partial charge in [-0.25, -0.2) is 8.42 Å². The number of hydrogen-bond donors (Lipinski definition) is 1. The summed E-state index contributed by atoms with van der Waals surface area (Å²) in [5.74, 6) is -0.112. The fraction of sp³-hybridized carbons (Fsp3) is 0.682. The first-order valence-electron chi connectivity index (χ1n) is 11.2. The molecule has 1 N–H and O–H groups in total. The highest BCUT2D eigenvalue weighted by atomic mass is 32.2. The summed E-state index contributed by atoms with van der Waals surface area (Å²) in [7, 11) is -3.37. The highest BCUT2D eigenvalue weighted by Crippen LogP contribution is 2.17. The monoisotopic (exact) mass is 436 g/mol. The van der Waals surface area contributed by atoms with Gasteiger partial charge < -0.3 is 10.2 Å². The highest BCUT2D eigenvalue weighted by Gasteiger charge is 2.27. The number of rotatable bonds is 8. The highest BCUT2D eigenvalue weighted by molar-refractivity contribution is 7.89. The summed E-state index contributed by atoms with van der Waals surface area (Å²) in [6, 6.07) is 8.05. The van der Waals surface area contributed by atoms with E-state index in [0.717, 1.165) is 18.7 Å². The van der Waals surface area contributed by atoms with Crippen LogP contribution in [0.25, 0.3) is 0 Å². The molecule has 2 saturated heterocycles. The average molecular weight is 437 g/mol. The summed E-state index contributed by atoms with van der Waals surface area (Å²) in [5.41, 5.74) is 1.65. The Balaban J connectivity index is 1.68. The van der Waals surface area contributed by atoms with Crippen LogP contribution in [0.1, 0.15) is 42.1 Å². The van der Waals surface area contributed by atoms with Gasteiger partial charge in [-0.3, -0.25) is 9.69 Å². The minimum atomic E-state index is -3.37. The number of nitrogens with one attached hydrogen (secondary N) is 1. The Morgan fingerprint density at radius 3 is 2.63 bits per heavy atom. The molecule has 3 rings (SSSR count). The maximum Gasteiger partial charge on any atom is 0.253 e. The molecule has 2 heterocycles. The zero-order valence-electron chi connectivity index (χ0n) is 18.3. The van der Waals surface area contributed by atoms with E-state index in [9.17, 15) is 13.2 Å². The van der Waals surface area contributed by atoms with Gasteiger partial charge in [0.2, 0.25) is 10.0 Å². The van der Waals surface area contributed by atoms with Crippen molar-refractivity contribution in [1.82, 2.24) is 19.4 Å². The summed E-state index contributed by atoms with van der Waals surface area (Å²) in [5, 5.41) is 3.18. The Morgan fingerprint density at radius 2 is 1.93 bits per heavy atom. The SMILES string of the molecule is Cc1cccc(C(=O)N(CCN2CCCC[C@H]2C)CCS(=O)(=O)N2CCNCC2)c1. The lowest BCUT2D eigenvalue weighted by molar-refractivity contribution is 0.0717. The van der Waals surface area contributed by atoms with Crippen LogP contribution in [0, 0.1) is 6.92 Å². The number of nitrogens with zero attached hydrogens (tertiary/aromatic N) is 3. The topological polar surface area (TPSA) is 73.0 Å². The van der Waals surface area contributed by atoms with Crippen LogP contribution < -0.4 is 5.32 Å². The molecule has 1 atom stereocenters. The molecule has 30 heavy (non-hydrogen) atoms. The van der Waals surface area contributed by atoms with Crippen LogP contribution in [0.2, 0.25) is 0 Å². The van der Waals surface area contributed by atoms with Crippen molar-refractivity contribution in [3.05, 3.63) is 35.4 Å². The lowest BCUT2D eigenvalue weighted by atomic mass is 10.0. The van der Waals surface area contributed by atoms with Gasteiger partial charge in [0.25, 0.3) is 5.91 Å². The fourth-order valence-corrected chi connectivity index (χ4v) is 5.74. The van der Waals surface area contributed by atoms with Gasteiger partial charge in [0.1, 0.15) is 0 Å². The Labute approximate surface area is 181 Å². The predicted octanol–water partition coefficient (Wildman–Crippen LogP) is 1.55. The molecule has 7 nitrogen and oxygen atoms in total. The van der Waals surface area contributed by atoms with E-state index in [2.05, 4.69) is 17.1 Å². The van der Waals surface area contributed by atoms with Gasteiger partial charge in [-0.05, 0) is 45.4 Å². The van der Waals surface area contributed by atoms with Gasteiger partial charge in [-0.1, -0.05) is 24.1 Å². The second kappa shape index (κ2) is 10.7. The Hall–Kier alpha value is -1.48. The zero-order valence-corrected chi connectivity index (χ0v) is 19.2. The van der Waals surface area contributed by atoms with E-state index in [0.29, 0.717) is 44.3 Å². The Morgan fingerprint density at radius 1 is 1.17 bits per heavy atom. The third-order valence-corrected chi connectivity index (χ3v) is 8.09. The number of piperazine rings is 1. The Kier molecular flexibility index (Phi) is 8.27. The number of hydrogen-bond acceptors (Lipinski definition) is 5. The molecule has 1 amide bonds. The van der Waals surface area contributed by atoms with Crippen molar-refractivity contribution in [2.75, 3.05) is 58.1 Å². The molecule has 1 aromatic rings. The van der Waals surface area contributed by atoms with Crippen LogP contribution in [0.4, 0.5) is 0 Å². The van der Waals surface area contributed by atoms with Crippen molar-refractivity contribution in [2.45, 2.75) is 39.2 Å². The van der Waals surface area contributed by atoms with Gasteiger partial charge in [0.05, 0.1) is 5.75 Å². The lowest BCUT2D eigenvalue weighted by Crippen LogP contribution is -2.49. The quantitative estimate of drug-likeness (QED) is 0.669. The van der Waals surface area contributed by atoms with Gasteiger partial charge in [0.15, 0.2) is 0 Å². The second-order valence-electron chi connectivity index (χ2n) is 8.51. The van der Waals surface area contributed by atoms with Crippen molar-refractivity contribution in [1.29, 1.82) is 0 Å². The number of amides is 1. The first-order valence-corrected chi connectivity index (χ1v) is 12.8. The van der Waals surface area contributed by atoms with Crippen molar-refractivity contribution in [3.8, 4) is 0 Å². The summed E-state index contributed by atoms with van der Waals surface area (Å²) < 4.78 is 27.2. The van der Waals surface area contributed by atoms with Gasteiger partial charge in [-0.2, -0.15) is 4.31 Å². The third kappa shape index (κ3) is 6.26. The molecule has 1 aromatic carbocycles. The van der Waals surface area contributed by atoms with Crippen LogP contribution in [-0.4, -0.2) is 92.6 Å². The molecule has 0 aromatic heterocycles. The first-order chi connectivity index (χ1) is 14.4. The van der Waals surface area contributed by atoms with E-state index in [4.69, 9.17) is 0 Å². The summed E-state index contributed by atoms with van der Waals surface area (Å²) in [6.07, 6.45) is 3.63.